The number of alkyl halides is 3. The van der Waals surface area contributed by atoms with Gasteiger partial charge in [0.1, 0.15) is 6.54 Å². The number of aromatic amines is 1. The van der Waals surface area contributed by atoms with E-state index in [1.807, 2.05) is 55.5 Å². The van der Waals surface area contributed by atoms with Crippen molar-refractivity contribution >= 4 is 0 Å². The zero-order chi connectivity index (χ0) is 24.1. The Kier molecular flexibility index (Phi) is 7.06. The predicted octanol–water partition coefficient (Wildman–Crippen LogP) is 4.98. The van der Waals surface area contributed by atoms with E-state index in [1.165, 1.54) is 7.11 Å². The highest BCUT2D eigenvalue weighted by Crippen LogP contribution is 2.31. The van der Waals surface area contributed by atoms with E-state index in [9.17, 15) is 13.2 Å². The number of nitrogens with one attached hydrogen (secondary N) is 1. The maximum Gasteiger partial charge on any atom is 0.408 e. The average molecular weight is 470 g/mol. The minimum absolute atomic E-state index is 0.0677. The maximum absolute atomic E-state index is 13.1. The molecule has 0 unspecified atom stereocenters. The van der Waals surface area contributed by atoms with Gasteiger partial charge in [-0.1, -0.05) is 61.9 Å². The Bertz CT molecular complexity index is 1220. The second kappa shape index (κ2) is 10.2. The topological polar surface area (TPSA) is 81.5 Å². The fourth-order valence-electron chi connectivity index (χ4n) is 4.04. The molecule has 178 valence electrons. The van der Waals surface area contributed by atoms with Gasteiger partial charge >= 0.3 is 6.18 Å². The van der Waals surface area contributed by atoms with Gasteiger partial charge in [-0.2, -0.15) is 23.5 Å². The Morgan fingerprint density at radius 1 is 1.03 bits per heavy atom. The number of methoxy groups -OCH3 is 1. The first-order chi connectivity index (χ1) is 16.4. The second-order valence-corrected chi connectivity index (χ2v) is 7.98. The third kappa shape index (κ3) is 5.33. The summed E-state index contributed by atoms with van der Waals surface area (Å²) < 4.78 is 45.7. The summed E-state index contributed by atoms with van der Waals surface area (Å²) >= 11 is 0. The molecule has 0 radical (unpaired) electrons. The van der Waals surface area contributed by atoms with E-state index >= 15 is 0 Å². The smallest absolute Gasteiger partial charge is 0.378 e. The number of aromatic nitrogens is 6. The van der Waals surface area contributed by atoms with Gasteiger partial charge in [0.25, 0.3) is 0 Å². The number of tetrazole rings is 1. The Morgan fingerprint density at radius 2 is 1.76 bits per heavy atom. The van der Waals surface area contributed by atoms with E-state index in [1.54, 1.807) is 0 Å². The van der Waals surface area contributed by atoms with Crippen molar-refractivity contribution in [2.24, 2.45) is 0 Å². The Morgan fingerprint density at radius 3 is 2.38 bits per heavy atom. The number of hydrogen-bond acceptors (Lipinski definition) is 5. The average Bonchev–Trinajstić information content (AvgIpc) is 3.44. The fraction of sp³-hybridized carbons (Fsp3) is 0.333. The molecule has 0 saturated carbocycles. The van der Waals surface area contributed by atoms with Crippen molar-refractivity contribution in [3.8, 4) is 22.5 Å². The van der Waals surface area contributed by atoms with E-state index in [0.717, 1.165) is 38.9 Å². The van der Waals surface area contributed by atoms with Crippen LogP contribution in [0.5, 0.6) is 0 Å². The van der Waals surface area contributed by atoms with Crippen LogP contribution >= 0.6 is 0 Å². The lowest BCUT2D eigenvalue weighted by atomic mass is 9.96. The van der Waals surface area contributed by atoms with Crippen molar-refractivity contribution in [3.63, 3.8) is 0 Å². The third-order valence-electron chi connectivity index (χ3n) is 5.51. The predicted molar refractivity (Wildman–Crippen MR) is 121 cm³/mol. The van der Waals surface area contributed by atoms with Crippen LogP contribution in [0.4, 0.5) is 13.2 Å². The molecule has 4 rings (SSSR count). The molecule has 2 heterocycles. The van der Waals surface area contributed by atoms with Gasteiger partial charge < -0.3 is 4.74 Å². The molecule has 0 aliphatic rings. The molecule has 0 saturated heterocycles. The molecule has 0 bridgehead atoms. The first-order valence-corrected chi connectivity index (χ1v) is 10.9. The molecule has 0 aliphatic heterocycles. The van der Waals surface area contributed by atoms with E-state index in [-0.39, 0.29) is 6.61 Å². The molecule has 0 fully saturated rings. The molecule has 7 nitrogen and oxygen atoms in total. The maximum atomic E-state index is 13.1. The van der Waals surface area contributed by atoms with Crippen LogP contribution in [-0.2, 0) is 30.7 Å². The summed E-state index contributed by atoms with van der Waals surface area (Å²) in [5, 5.41) is 18.6. The van der Waals surface area contributed by atoms with Gasteiger partial charge in [0.2, 0.25) is 5.82 Å². The molecule has 0 aliphatic carbocycles. The van der Waals surface area contributed by atoms with E-state index in [2.05, 4.69) is 25.7 Å². The zero-order valence-corrected chi connectivity index (χ0v) is 18.9. The van der Waals surface area contributed by atoms with Crippen LogP contribution in [0.3, 0.4) is 0 Å². The standard InChI is InChI=1S/C24H25F3N6O/c1-3-6-21-20(22(14-34-2)33(30-21)15-24(25,26)27)13-16-9-11-17(12-10-16)18-7-4-5-8-19(18)23-28-31-32-29-23/h4-5,7-12H,3,6,13-15H2,1-2H3,(H,28,29,31,32). The lowest BCUT2D eigenvalue weighted by Gasteiger charge is -2.12. The highest BCUT2D eigenvalue weighted by molar-refractivity contribution is 5.80. The zero-order valence-electron chi connectivity index (χ0n) is 18.9. The van der Waals surface area contributed by atoms with Gasteiger partial charge in [0, 0.05) is 24.7 Å². The summed E-state index contributed by atoms with van der Waals surface area (Å²) in [5.74, 6) is 0.505. The first kappa shape index (κ1) is 23.6. The van der Waals surface area contributed by atoms with Gasteiger partial charge in [-0.25, -0.2) is 0 Å². The van der Waals surface area contributed by atoms with Crippen LogP contribution in [0, 0.1) is 0 Å². The molecular weight excluding hydrogens is 445 g/mol. The molecule has 2 aromatic heterocycles. The molecule has 34 heavy (non-hydrogen) atoms. The lowest BCUT2D eigenvalue weighted by Crippen LogP contribution is -2.21. The summed E-state index contributed by atoms with van der Waals surface area (Å²) in [4.78, 5) is 0. The number of halogens is 3. The monoisotopic (exact) mass is 470 g/mol. The van der Waals surface area contributed by atoms with Crippen LogP contribution in [-0.4, -0.2) is 43.7 Å². The number of benzene rings is 2. The van der Waals surface area contributed by atoms with Crippen molar-refractivity contribution in [3.05, 3.63) is 71.0 Å². The molecule has 10 heteroatoms. The van der Waals surface area contributed by atoms with Crippen molar-refractivity contribution in [1.82, 2.24) is 30.4 Å². The van der Waals surface area contributed by atoms with Crippen LogP contribution in [0.15, 0.2) is 48.5 Å². The summed E-state index contributed by atoms with van der Waals surface area (Å²) in [6, 6.07) is 15.7. The van der Waals surface area contributed by atoms with Gasteiger partial charge in [-0.15, -0.1) is 10.2 Å². The van der Waals surface area contributed by atoms with Gasteiger partial charge in [-0.05, 0) is 28.3 Å². The molecule has 2 aromatic carbocycles. The normalized spacial score (nSPS) is 11.8. The van der Waals surface area contributed by atoms with E-state index in [4.69, 9.17) is 4.74 Å². The Hall–Kier alpha value is -3.53. The Labute approximate surface area is 195 Å². The van der Waals surface area contributed by atoms with E-state index in [0.29, 0.717) is 30.1 Å². The van der Waals surface area contributed by atoms with E-state index < -0.39 is 12.7 Å². The number of rotatable bonds is 9. The number of aryl methyl sites for hydroxylation is 1. The van der Waals surface area contributed by atoms with Crippen molar-refractivity contribution in [2.45, 2.75) is 45.5 Å². The van der Waals surface area contributed by atoms with Crippen LogP contribution in [0.1, 0.15) is 35.9 Å². The minimum Gasteiger partial charge on any atom is -0.378 e. The third-order valence-corrected chi connectivity index (χ3v) is 5.51. The van der Waals surface area contributed by atoms with Crippen LogP contribution in [0.2, 0.25) is 0 Å². The number of hydrogen-bond donors (Lipinski definition) is 1. The molecule has 0 spiro atoms. The fourth-order valence-corrected chi connectivity index (χ4v) is 4.04. The van der Waals surface area contributed by atoms with Crippen LogP contribution < -0.4 is 0 Å². The molecule has 0 amide bonds. The number of nitrogens with zero attached hydrogens (tertiary/aromatic N) is 5. The van der Waals surface area contributed by atoms with Crippen molar-refractivity contribution in [2.75, 3.05) is 7.11 Å². The summed E-state index contributed by atoms with van der Waals surface area (Å²) in [5.41, 5.74) is 5.71. The van der Waals surface area contributed by atoms with Gasteiger partial charge in [0.05, 0.1) is 18.0 Å². The quantitative estimate of drug-likeness (QED) is 0.373. The lowest BCUT2D eigenvalue weighted by molar-refractivity contribution is -0.143. The molecule has 0 atom stereocenters. The second-order valence-electron chi connectivity index (χ2n) is 7.98. The first-order valence-electron chi connectivity index (χ1n) is 10.9. The number of H-pyrrole nitrogens is 1. The van der Waals surface area contributed by atoms with Crippen molar-refractivity contribution in [1.29, 1.82) is 0 Å². The summed E-state index contributed by atoms with van der Waals surface area (Å²) in [6.07, 6.45) is -2.50. The Balaban J connectivity index is 1.65. The number of ether oxygens (including phenoxy) is 1. The van der Waals surface area contributed by atoms with Crippen molar-refractivity contribution < 1.29 is 17.9 Å². The largest absolute Gasteiger partial charge is 0.408 e. The highest BCUT2D eigenvalue weighted by atomic mass is 19.4. The molecule has 4 aromatic rings. The molecule has 1 N–H and O–H groups in total. The SMILES string of the molecule is CCCc1nn(CC(F)(F)F)c(COC)c1Cc1ccc(-c2ccccc2-c2nn[nH]n2)cc1. The summed E-state index contributed by atoms with van der Waals surface area (Å²) in [6.45, 7) is 0.922. The highest BCUT2D eigenvalue weighted by Gasteiger charge is 2.31. The van der Waals surface area contributed by atoms with Crippen LogP contribution in [0.25, 0.3) is 22.5 Å². The van der Waals surface area contributed by atoms with Gasteiger partial charge in [-0.3, -0.25) is 4.68 Å². The van der Waals surface area contributed by atoms with Gasteiger partial charge in [0.15, 0.2) is 0 Å². The summed E-state index contributed by atoms with van der Waals surface area (Å²) in [7, 11) is 1.48. The minimum atomic E-state index is -4.36. The molecular formula is C24H25F3N6O.